The fraction of sp³-hybridized carbons (Fsp3) is 0.500. The van der Waals surface area contributed by atoms with Gasteiger partial charge in [0, 0.05) is 12.6 Å². The van der Waals surface area contributed by atoms with Crippen molar-refractivity contribution in [3.8, 4) is 0 Å². The lowest BCUT2D eigenvalue weighted by molar-refractivity contribution is -0.174. The molecular formula is C14H16F3N3O6. The van der Waals surface area contributed by atoms with Crippen LogP contribution in [0.4, 0.5) is 13.2 Å². The minimum atomic E-state index is -5.17. The summed E-state index contributed by atoms with van der Waals surface area (Å²) >= 11 is 0. The zero-order chi connectivity index (χ0) is 19.6. The lowest BCUT2D eigenvalue weighted by Gasteiger charge is -2.19. The predicted octanol–water partition coefficient (Wildman–Crippen LogP) is -0.917. The summed E-state index contributed by atoms with van der Waals surface area (Å²) < 4.78 is 43.4. The molecule has 12 heteroatoms. The van der Waals surface area contributed by atoms with Gasteiger partial charge >= 0.3 is 17.8 Å². The number of hydrogen-bond donors (Lipinski definition) is 4. The topological polar surface area (TPSA) is 134 Å². The number of nitrogens with zero attached hydrogens (tertiary/aromatic N) is 1. The van der Waals surface area contributed by atoms with E-state index in [-0.39, 0.29) is 12.0 Å². The number of aromatic amines is 1. The van der Waals surface area contributed by atoms with Crippen molar-refractivity contribution in [1.29, 1.82) is 0 Å². The van der Waals surface area contributed by atoms with E-state index < -0.39 is 54.4 Å². The Labute approximate surface area is 143 Å². The van der Waals surface area contributed by atoms with Gasteiger partial charge in [0.25, 0.3) is 5.56 Å². The Balaban J connectivity index is 2.38. The number of alkyl halides is 3. The lowest BCUT2D eigenvalue weighted by Crippen LogP contribution is -2.42. The molecule has 0 aromatic carbocycles. The van der Waals surface area contributed by atoms with Crippen molar-refractivity contribution < 1.29 is 32.9 Å². The zero-order valence-corrected chi connectivity index (χ0v) is 13.2. The Bertz CT molecular complexity index is 802. The number of nitrogens with one attached hydrogen (secondary N) is 2. The van der Waals surface area contributed by atoms with Crippen molar-refractivity contribution in [2.75, 3.05) is 6.61 Å². The number of rotatable bonds is 5. The summed E-state index contributed by atoms with van der Waals surface area (Å²) in [5.74, 6) is -2.28. The molecule has 2 heterocycles. The number of halogens is 3. The van der Waals surface area contributed by atoms with E-state index in [0.29, 0.717) is 0 Å². The van der Waals surface area contributed by atoms with Gasteiger partial charge in [-0.1, -0.05) is 6.08 Å². The summed E-state index contributed by atoms with van der Waals surface area (Å²) in [7, 11) is 0. The van der Waals surface area contributed by atoms with Gasteiger partial charge in [0.2, 0.25) is 0 Å². The molecule has 1 aliphatic rings. The van der Waals surface area contributed by atoms with Crippen molar-refractivity contribution in [1.82, 2.24) is 14.9 Å². The van der Waals surface area contributed by atoms with E-state index in [9.17, 15) is 32.7 Å². The molecule has 1 unspecified atom stereocenters. The fourth-order valence-corrected chi connectivity index (χ4v) is 2.47. The summed E-state index contributed by atoms with van der Waals surface area (Å²) in [6.07, 6.45) is -6.55. The lowest BCUT2D eigenvalue weighted by atomic mass is 10.1. The summed E-state index contributed by atoms with van der Waals surface area (Å²) in [5, 5.41) is 20.4. The van der Waals surface area contributed by atoms with E-state index in [0.717, 1.165) is 16.8 Å². The normalized spacial score (nSPS) is 24.3. The van der Waals surface area contributed by atoms with Crippen LogP contribution in [0.25, 0.3) is 0 Å². The van der Waals surface area contributed by atoms with Crippen molar-refractivity contribution >= 4 is 5.91 Å². The second kappa shape index (κ2) is 7.43. The number of aromatic nitrogens is 2. The molecule has 0 saturated carbocycles. The number of aliphatic hydroxyl groups is 2. The molecule has 4 atom stereocenters. The maximum absolute atomic E-state index is 12.4. The number of ether oxygens (including phenoxy) is 1. The first kappa shape index (κ1) is 19.9. The molecule has 1 saturated heterocycles. The van der Waals surface area contributed by atoms with Crippen LogP contribution in [-0.2, 0) is 9.53 Å². The quantitative estimate of drug-likeness (QED) is 0.489. The molecule has 1 aromatic rings. The van der Waals surface area contributed by atoms with E-state index in [1.807, 2.05) is 4.98 Å². The summed E-state index contributed by atoms with van der Waals surface area (Å²) in [4.78, 5) is 36.9. The highest BCUT2D eigenvalue weighted by molar-refractivity contribution is 5.82. The van der Waals surface area contributed by atoms with Gasteiger partial charge in [-0.05, 0) is 0 Å². The molecule has 1 aromatic heterocycles. The van der Waals surface area contributed by atoms with E-state index in [1.165, 1.54) is 0 Å². The van der Waals surface area contributed by atoms with Gasteiger partial charge in [-0.2, -0.15) is 13.2 Å². The minimum Gasteiger partial charge on any atom is -0.394 e. The van der Waals surface area contributed by atoms with E-state index in [4.69, 9.17) is 9.84 Å². The molecule has 0 radical (unpaired) electrons. The van der Waals surface area contributed by atoms with Crippen LogP contribution in [0, 0.1) is 0 Å². The third kappa shape index (κ3) is 4.03. The molecule has 0 aliphatic carbocycles. The summed E-state index contributed by atoms with van der Waals surface area (Å²) in [5.41, 5.74) is -2.34. The van der Waals surface area contributed by atoms with Crippen LogP contribution in [0.3, 0.4) is 0 Å². The number of H-pyrrole nitrogens is 1. The number of amides is 1. The Kier molecular flexibility index (Phi) is 5.68. The first-order chi connectivity index (χ1) is 12.1. The third-order valence-corrected chi connectivity index (χ3v) is 3.80. The Morgan fingerprint density at radius 1 is 1.54 bits per heavy atom. The van der Waals surface area contributed by atoms with Crippen LogP contribution in [0.15, 0.2) is 28.4 Å². The third-order valence-electron chi connectivity index (χ3n) is 3.80. The van der Waals surface area contributed by atoms with Crippen LogP contribution in [0.5, 0.6) is 0 Å². The van der Waals surface area contributed by atoms with Crippen LogP contribution in [0.1, 0.15) is 24.3 Å². The molecule has 26 heavy (non-hydrogen) atoms. The van der Waals surface area contributed by atoms with Gasteiger partial charge in [0.15, 0.2) is 0 Å². The van der Waals surface area contributed by atoms with Crippen LogP contribution in [0.2, 0.25) is 0 Å². The Morgan fingerprint density at radius 3 is 2.69 bits per heavy atom. The first-order valence-electron chi connectivity index (χ1n) is 7.38. The molecule has 1 amide bonds. The molecule has 1 fully saturated rings. The van der Waals surface area contributed by atoms with Gasteiger partial charge in [-0.25, -0.2) is 4.79 Å². The van der Waals surface area contributed by atoms with Gasteiger partial charge < -0.3 is 20.3 Å². The van der Waals surface area contributed by atoms with Gasteiger partial charge in [-0.3, -0.25) is 19.1 Å². The highest BCUT2D eigenvalue weighted by atomic mass is 19.4. The summed E-state index contributed by atoms with van der Waals surface area (Å²) in [6, 6.07) is -1.53. The first-order valence-corrected chi connectivity index (χ1v) is 7.38. The molecule has 0 spiro atoms. The van der Waals surface area contributed by atoms with Crippen molar-refractivity contribution in [2.24, 2.45) is 0 Å². The number of carbonyl (C=O) groups excluding carboxylic acids is 1. The monoisotopic (exact) mass is 379 g/mol. The highest BCUT2D eigenvalue weighted by Gasteiger charge is 2.40. The average molecular weight is 379 g/mol. The highest BCUT2D eigenvalue weighted by Crippen LogP contribution is 2.27. The Hall–Kier alpha value is -2.44. The van der Waals surface area contributed by atoms with Crippen molar-refractivity contribution in [2.45, 2.75) is 37.1 Å². The molecule has 144 valence electrons. The largest absolute Gasteiger partial charge is 0.471 e. The minimum absolute atomic E-state index is 0.0930. The average Bonchev–Trinajstić information content (AvgIpc) is 2.92. The number of carbonyl (C=O) groups is 1. The van der Waals surface area contributed by atoms with Crippen molar-refractivity contribution in [3.05, 3.63) is 45.3 Å². The molecule has 4 N–H and O–H groups in total. The van der Waals surface area contributed by atoms with E-state index >= 15 is 0 Å². The SMILES string of the molecule is C=CC(NC(=O)C(F)(F)F)c1cn([C@H]2C[C@H](O)[C@@H](CO)O2)c(=O)[nH]c1=O. The van der Waals surface area contributed by atoms with Crippen LogP contribution >= 0.6 is 0 Å². The fourth-order valence-electron chi connectivity index (χ4n) is 2.47. The maximum atomic E-state index is 12.4. The van der Waals surface area contributed by atoms with Gasteiger partial charge in [0.1, 0.15) is 12.3 Å². The van der Waals surface area contributed by atoms with Gasteiger partial charge in [0.05, 0.1) is 24.3 Å². The molecule has 9 nitrogen and oxygen atoms in total. The van der Waals surface area contributed by atoms with Gasteiger partial charge in [-0.15, -0.1) is 6.58 Å². The predicted molar refractivity (Wildman–Crippen MR) is 80.1 cm³/mol. The molecular weight excluding hydrogens is 363 g/mol. The zero-order valence-electron chi connectivity index (χ0n) is 13.2. The molecule has 1 aliphatic heterocycles. The standard InChI is InChI=1S/C14H16F3N3O6/c1-2-7(18-12(24)14(15,16)17)6-4-20(13(25)19-11(6)23)10-3-8(22)9(5-21)26-10/h2,4,7-10,21-22H,1,3,5H2,(H,18,24)(H,19,23,25)/t7?,8-,9+,10+/m0/s1. The Morgan fingerprint density at radius 2 is 2.19 bits per heavy atom. The summed E-state index contributed by atoms with van der Waals surface area (Å²) in [6.45, 7) is 2.76. The second-order valence-corrected chi connectivity index (χ2v) is 5.55. The van der Waals surface area contributed by atoms with E-state index in [2.05, 4.69) is 6.58 Å². The maximum Gasteiger partial charge on any atom is 0.471 e. The van der Waals surface area contributed by atoms with E-state index in [1.54, 1.807) is 5.32 Å². The smallest absolute Gasteiger partial charge is 0.394 e. The number of aliphatic hydroxyl groups excluding tert-OH is 2. The second-order valence-electron chi connectivity index (χ2n) is 5.55. The van der Waals surface area contributed by atoms with Crippen molar-refractivity contribution in [3.63, 3.8) is 0 Å². The van der Waals surface area contributed by atoms with Crippen LogP contribution in [-0.4, -0.2) is 50.7 Å². The number of hydrogen-bond acceptors (Lipinski definition) is 6. The van der Waals surface area contributed by atoms with Crippen LogP contribution < -0.4 is 16.6 Å². The molecule has 0 bridgehead atoms. The molecule has 2 rings (SSSR count).